The maximum atomic E-state index is 11.3. The Balaban J connectivity index is 3.63. The predicted molar refractivity (Wildman–Crippen MR) is 72.1 cm³/mol. The Morgan fingerprint density at radius 1 is 1.17 bits per heavy atom. The Morgan fingerprint density at radius 2 is 1.89 bits per heavy atom. The zero-order valence-corrected chi connectivity index (χ0v) is 11.7. The van der Waals surface area contributed by atoms with E-state index in [1.807, 2.05) is 13.8 Å². The summed E-state index contributed by atoms with van der Waals surface area (Å²) in [6, 6.07) is 0. The SMILES string of the molecule is CCCCCCNC(=O)C=CC(=O)OCC(C)C. The van der Waals surface area contributed by atoms with Crippen molar-refractivity contribution in [2.75, 3.05) is 13.2 Å². The van der Waals surface area contributed by atoms with Gasteiger partial charge >= 0.3 is 5.97 Å². The Bertz CT molecular complexity index is 272. The Kier molecular flexibility index (Phi) is 10.0. The van der Waals surface area contributed by atoms with Crippen LogP contribution in [0.5, 0.6) is 0 Å². The van der Waals surface area contributed by atoms with E-state index in [1.54, 1.807) is 0 Å². The lowest BCUT2D eigenvalue weighted by atomic mass is 10.2. The first-order chi connectivity index (χ1) is 8.56. The molecule has 4 nitrogen and oxygen atoms in total. The first-order valence-corrected chi connectivity index (χ1v) is 6.69. The number of amides is 1. The fraction of sp³-hybridized carbons (Fsp3) is 0.714. The van der Waals surface area contributed by atoms with Gasteiger partial charge in [0, 0.05) is 18.7 Å². The van der Waals surface area contributed by atoms with Crippen LogP contribution in [-0.4, -0.2) is 25.0 Å². The van der Waals surface area contributed by atoms with Crippen LogP contribution in [0.1, 0.15) is 46.5 Å². The second-order valence-electron chi connectivity index (χ2n) is 4.71. The van der Waals surface area contributed by atoms with Crippen LogP contribution in [0.4, 0.5) is 0 Å². The average Bonchev–Trinajstić information content (AvgIpc) is 2.33. The summed E-state index contributed by atoms with van der Waals surface area (Å²) in [5.41, 5.74) is 0. The molecular formula is C14H25NO3. The molecular weight excluding hydrogens is 230 g/mol. The van der Waals surface area contributed by atoms with Crippen molar-refractivity contribution in [2.45, 2.75) is 46.5 Å². The first-order valence-electron chi connectivity index (χ1n) is 6.69. The van der Waals surface area contributed by atoms with E-state index in [2.05, 4.69) is 12.2 Å². The molecule has 0 bridgehead atoms. The minimum absolute atomic E-state index is 0.243. The van der Waals surface area contributed by atoms with Gasteiger partial charge in [-0.25, -0.2) is 4.79 Å². The van der Waals surface area contributed by atoms with E-state index in [0.717, 1.165) is 12.8 Å². The van der Waals surface area contributed by atoms with Gasteiger partial charge in [0.2, 0.25) is 5.91 Å². The highest BCUT2D eigenvalue weighted by Crippen LogP contribution is 1.97. The number of unbranched alkanes of at least 4 members (excludes halogenated alkanes) is 3. The molecule has 0 fully saturated rings. The number of rotatable bonds is 9. The van der Waals surface area contributed by atoms with Crippen molar-refractivity contribution in [3.05, 3.63) is 12.2 Å². The lowest BCUT2D eigenvalue weighted by molar-refractivity contribution is -0.139. The van der Waals surface area contributed by atoms with E-state index in [9.17, 15) is 9.59 Å². The lowest BCUT2D eigenvalue weighted by Gasteiger charge is -2.04. The van der Waals surface area contributed by atoms with Crippen LogP contribution < -0.4 is 5.32 Å². The number of ether oxygens (including phenoxy) is 1. The van der Waals surface area contributed by atoms with Gasteiger partial charge in [-0.2, -0.15) is 0 Å². The second-order valence-corrected chi connectivity index (χ2v) is 4.71. The number of carbonyl (C=O) groups excluding carboxylic acids is 2. The van der Waals surface area contributed by atoms with Crippen LogP contribution in [0.3, 0.4) is 0 Å². The highest BCUT2D eigenvalue weighted by atomic mass is 16.5. The normalized spacial score (nSPS) is 10.9. The molecule has 0 aliphatic rings. The van der Waals surface area contributed by atoms with Crippen LogP contribution in [0.15, 0.2) is 12.2 Å². The smallest absolute Gasteiger partial charge is 0.330 e. The summed E-state index contributed by atoms with van der Waals surface area (Å²) in [4.78, 5) is 22.5. The molecule has 0 atom stereocenters. The van der Waals surface area contributed by atoms with Crippen LogP contribution in [0.25, 0.3) is 0 Å². The summed E-state index contributed by atoms with van der Waals surface area (Å²) < 4.78 is 4.91. The topological polar surface area (TPSA) is 55.4 Å². The maximum Gasteiger partial charge on any atom is 0.330 e. The van der Waals surface area contributed by atoms with E-state index in [1.165, 1.54) is 25.0 Å². The molecule has 0 aliphatic carbocycles. The molecule has 0 aliphatic heterocycles. The van der Waals surface area contributed by atoms with Crippen molar-refractivity contribution in [3.8, 4) is 0 Å². The highest BCUT2D eigenvalue weighted by Gasteiger charge is 2.01. The molecule has 18 heavy (non-hydrogen) atoms. The third kappa shape index (κ3) is 11.2. The van der Waals surface area contributed by atoms with E-state index in [0.29, 0.717) is 19.1 Å². The van der Waals surface area contributed by atoms with Gasteiger partial charge in [0.05, 0.1) is 6.61 Å². The zero-order valence-electron chi connectivity index (χ0n) is 11.7. The average molecular weight is 255 g/mol. The van der Waals surface area contributed by atoms with Crippen molar-refractivity contribution >= 4 is 11.9 Å². The van der Waals surface area contributed by atoms with Crippen LogP contribution in [0.2, 0.25) is 0 Å². The standard InChI is InChI=1S/C14H25NO3/c1-4-5-6-7-10-15-13(16)8-9-14(17)18-11-12(2)3/h8-9,12H,4-7,10-11H2,1-3H3,(H,15,16). The molecule has 0 aromatic carbocycles. The molecule has 0 heterocycles. The third-order valence-corrected chi connectivity index (χ3v) is 2.26. The molecule has 0 radical (unpaired) electrons. The van der Waals surface area contributed by atoms with Crippen molar-refractivity contribution in [3.63, 3.8) is 0 Å². The zero-order chi connectivity index (χ0) is 13.8. The predicted octanol–water partition coefficient (Wildman–Crippen LogP) is 2.44. The van der Waals surface area contributed by atoms with Gasteiger partial charge in [-0.3, -0.25) is 4.79 Å². The fourth-order valence-electron chi connectivity index (χ4n) is 1.26. The summed E-state index contributed by atoms with van der Waals surface area (Å²) in [7, 11) is 0. The van der Waals surface area contributed by atoms with Gasteiger partial charge in [0.25, 0.3) is 0 Å². The van der Waals surface area contributed by atoms with Crippen molar-refractivity contribution < 1.29 is 14.3 Å². The minimum atomic E-state index is -0.468. The molecule has 104 valence electrons. The highest BCUT2D eigenvalue weighted by molar-refractivity contribution is 5.94. The summed E-state index contributed by atoms with van der Waals surface area (Å²) in [5.74, 6) is -0.410. The number of nitrogens with one attached hydrogen (secondary N) is 1. The van der Waals surface area contributed by atoms with E-state index >= 15 is 0 Å². The van der Waals surface area contributed by atoms with Crippen molar-refractivity contribution in [2.24, 2.45) is 5.92 Å². The molecule has 0 spiro atoms. The van der Waals surface area contributed by atoms with E-state index < -0.39 is 5.97 Å². The number of hydrogen-bond acceptors (Lipinski definition) is 3. The lowest BCUT2D eigenvalue weighted by Crippen LogP contribution is -2.22. The molecule has 0 rings (SSSR count). The quantitative estimate of drug-likeness (QED) is 0.391. The molecule has 0 aromatic heterocycles. The number of esters is 1. The number of hydrogen-bond donors (Lipinski definition) is 1. The van der Waals surface area contributed by atoms with Crippen molar-refractivity contribution in [1.82, 2.24) is 5.32 Å². The van der Waals surface area contributed by atoms with Gasteiger partial charge in [0.1, 0.15) is 0 Å². The summed E-state index contributed by atoms with van der Waals surface area (Å²) in [6.45, 7) is 7.09. The Morgan fingerprint density at radius 3 is 2.50 bits per heavy atom. The van der Waals surface area contributed by atoms with Gasteiger partial charge in [0.15, 0.2) is 0 Å². The molecule has 0 aromatic rings. The fourth-order valence-corrected chi connectivity index (χ4v) is 1.26. The summed E-state index contributed by atoms with van der Waals surface area (Å²) >= 11 is 0. The number of carbonyl (C=O) groups is 2. The third-order valence-electron chi connectivity index (χ3n) is 2.26. The molecule has 0 saturated carbocycles. The molecule has 1 amide bonds. The first kappa shape index (κ1) is 16.7. The second kappa shape index (κ2) is 10.8. The minimum Gasteiger partial charge on any atom is -0.462 e. The largest absolute Gasteiger partial charge is 0.462 e. The summed E-state index contributed by atoms with van der Waals surface area (Å²) in [6.07, 6.45) is 6.86. The van der Waals surface area contributed by atoms with Gasteiger partial charge < -0.3 is 10.1 Å². The monoisotopic (exact) mass is 255 g/mol. The van der Waals surface area contributed by atoms with Crippen molar-refractivity contribution in [1.29, 1.82) is 0 Å². The Hall–Kier alpha value is -1.32. The van der Waals surface area contributed by atoms with Gasteiger partial charge in [-0.05, 0) is 12.3 Å². The molecule has 0 unspecified atom stereocenters. The van der Waals surface area contributed by atoms with Crippen LogP contribution in [0, 0.1) is 5.92 Å². The van der Waals surface area contributed by atoms with Crippen LogP contribution >= 0.6 is 0 Å². The maximum absolute atomic E-state index is 11.3. The Labute approximate surface area is 110 Å². The molecule has 1 N–H and O–H groups in total. The van der Waals surface area contributed by atoms with E-state index in [4.69, 9.17) is 4.74 Å². The van der Waals surface area contributed by atoms with Gasteiger partial charge in [-0.15, -0.1) is 0 Å². The van der Waals surface area contributed by atoms with E-state index in [-0.39, 0.29) is 5.91 Å². The van der Waals surface area contributed by atoms with Crippen LogP contribution in [-0.2, 0) is 14.3 Å². The molecule has 4 heteroatoms. The molecule has 0 saturated heterocycles. The van der Waals surface area contributed by atoms with Gasteiger partial charge in [-0.1, -0.05) is 40.0 Å². The summed E-state index contributed by atoms with van der Waals surface area (Å²) in [5, 5.41) is 2.73.